The van der Waals surface area contributed by atoms with Crippen molar-refractivity contribution in [2.75, 3.05) is 38.6 Å². The van der Waals surface area contributed by atoms with Crippen molar-refractivity contribution in [1.29, 1.82) is 0 Å². The van der Waals surface area contributed by atoms with E-state index in [4.69, 9.17) is 4.98 Å². The standard InChI is InChI=1S/C15H28N4S/c1-12(2)8-16-9-13-11-20-15(17-13)19-7-5-6-14(10-19)18(3)4/h11-12,14,16H,5-10H2,1-4H3. The number of anilines is 1. The van der Waals surface area contributed by atoms with Gasteiger partial charge in [0.25, 0.3) is 0 Å². The molecule has 0 radical (unpaired) electrons. The molecule has 2 rings (SSSR count). The topological polar surface area (TPSA) is 31.4 Å². The SMILES string of the molecule is CC(C)CNCc1csc(N2CCCC(N(C)C)C2)n1. The molecule has 0 amide bonds. The molecular formula is C15H28N4S. The Balaban J connectivity index is 1.88. The molecule has 1 aliphatic heterocycles. The first-order valence-corrected chi connectivity index (χ1v) is 8.50. The van der Waals surface area contributed by atoms with Gasteiger partial charge in [0.15, 0.2) is 5.13 Å². The fourth-order valence-corrected chi connectivity index (χ4v) is 3.42. The summed E-state index contributed by atoms with van der Waals surface area (Å²) in [4.78, 5) is 9.58. The van der Waals surface area contributed by atoms with Gasteiger partial charge in [-0.2, -0.15) is 0 Å². The van der Waals surface area contributed by atoms with Crippen molar-refractivity contribution >= 4 is 16.5 Å². The minimum Gasteiger partial charge on any atom is -0.347 e. The quantitative estimate of drug-likeness (QED) is 0.873. The molecule has 1 aromatic rings. The van der Waals surface area contributed by atoms with E-state index in [2.05, 4.69) is 48.4 Å². The summed E-state index contributed by atoms with van der Waals surface area (Å²) < 4.78 is 0. The first-order valence-electron chi connectivity index (χ1n) is 7.62. The molecule has 114 valence electrons. The number of piperidine rings is 1. The van der Waals surface area contributed by atoms with Crippen molar-refractivity contribution in [1.82, 2.24) is 15.2 Å². The van der Waals surface area contributed by atoms with Crippen molar-refractivity contribution < 1.29 is 0 Å². The summed E-state index contributed by atoms with van der Waals surface area (Å²) in [5.74, 6) is 0.691. The van der Waals surface area contributed by atoms with E-state index in [1.807, 2.05) is 0 Å². The Kier molecular flexibility index (Phi) is 5.81. The third kappa shape index (κ3) is 4.43. The minimum absolute atomic E-state index is 0.662. The van der Waals surface area contributed by atoms with Crippen LogP contribution in [0, 0.1) is 5.92 Å². The van der Waals surface area contributed by atoms with Gasteiger partial charge < -0.3 is 15.1 Å². The average molecular weight is 296 g/mol. The zero-order valence-electron chi connectivity index (χ0n) is 13.2. The number of nitrogens with zero attached hydrogens (tertiary/aromatic N) is 3. The van der Waals surface area contributed by atoms with E-state index >= 15 is 0 Å². The fourth-order valence-electron chi connectivity index (χ4n) is 2.56. The molecule has 2 heterocycles. The lowest BCUT2D eigenvalue weighted by atomic mass is 10.1. The molecule has 1 unspecified atom stereocenters. The van der Waals surface area contributed by atoms with Crippen molar-refractivity contribution in [3.63, 3.8) is 0 Å². The third-order valence-corrected chi connectivity index (χ3v) is 4.75. The molecule has 20 heavy (non-hydrogen) atoms. The average Bonchev–Trinajstić information content (AvgIpc) is 2.87. The molecule has 0 aliphatic carbocycles. The van der Waals surface area contributed by atoms with Crippen LogP contribution in [0.2, 0.25) is 0 Å². The number of rotatable bonds is 6. The Bertz CT molecular complexity index is 402. The van der Waals surface area contributed by atoms with Crippen molar-refractivity contribution in [2.24, 2.45) is 5.92 Å². The van der Waals surface area contributed by atoms with E-state index in [9.17, 15) is 0 Å². The largest absolute Gasteiger partial charge is 0.347 e. The van der Waals surface area contributed by atoms with Gasteiger partial charge in [-0.05, 0) is 39.4 Å². The van der Waals surface area contributed by atoms with Crippen LogP contribution in [0.25, 0.3) is 0 Å². The highest BCUT2D eigenvalue weighted by atomic mass is 32.1. The van der Waals surface area contributed by atoms with Crippen LogP contribution in [0.4, 0.5) is 5.13 Å². The maximum Gasteiger partial charge on any atom is 0.185 e. The number of nitrogens with one attached hydrogen (secondary N) is 1. The van der Waals surface area contributed by atoms with Crippen molar-refractivity contribution in [2.45, 2.75) is 39.3 Å². The molecule has 4 nitrogen and oxygen atoms in total. The Hall–Kier alpha value is -0.650. The lowest BCUT2D eigenvalue weighted by Crippen LogP contribution is -2.45. The minimum atomic E-state index is 0.662. The van der Waals surface area contributed by atoms with E-state index in [-0.39, 0.29) is 0 Å². The number of hydrogen-bond acceptors (Lipinski definition) is 5. The molecule has 1 saturated heterocycles. The second-order valence-corrected chi connectivity index (χ2v) is 7.19. The van der Waals surface area contributed by atoms with E-state index in [1.54, 1.807) is 11.3 Å². The molecule has 0 aromatic carbocycles. The maximum atomic E-state index is 4.79. The van der Waals surface area contributed by atoms with Crippen LogP contribution in [-0.4, -0.2) is 49.7 Å². The molecule has 0 saturated carbocycles. The van der Waals surface area contributed by atoms with Gasteiger partial charge in [0, 0.05) is 31.1 Å². The molecule has 0 bridgehead atoms. The predicted molar refractivity (Wildman–Crippen MR) is 87.6 cm³/mol. The molecule has 1 atom stereocenters. The summed E-state index contributed by atoms with van der Waals surface area (Å²) in [5, 5.41) is 6.85. The fraction of sp³-hybridized carbons (Fsp3) is 0.800. The molecular weight excluding hydrogens is 268 g/mol. The monoisotopic (exact) mass is 296 g/mol. The third-order valence-electron chi connectivity index (χ3n) is 3.80. The first kappa shape index (κ1) is 15.7. The Labute approximate surface area is 127 Å². The van der Waals surface area contributed by atoms with Crippen molar-refractivity contribution in [3.05, 3.63) is 11.1 Å². The second kappa shape index (κ2) is 7.38. The molecule has 5 heteroatoms. The van der Waals surface area contributed by atoms with Crippen LogP contribution in [0.5, 0.6) is 0 Å². The molecule has 1 aromatic heterocycles. The van der Waals surface area contributed by atoms with Gasteiger partial charge in [0.2, 0.25) is 0 Å². The van der Waals surface area contributed by atoms with Crippen LogP contribution < -0.4 is 10.2 Å². The number of hydrogen-bond donors (Lipinski definition) is 1. The van der Waals surface area contributed by atoms with Crippen LogP contribution in [-0.2, 0) is 6.54 Å². The van der Waals surface area contributed by atoms with Gasteiger partial charge in [-0.15, -0.1) is 11.3 Å². The summed E-state index contributed by atoms with van der Waals surface area (Å²) >= 11 is 1.78. The highest BCUT2D eigenvalue weighted by Crippen LogP contribution is 2.25. The van der Waals surface area contributed by atoms with Gasteiger partial charge >= 0.3 is 0 Å². The normalized spacial score (nSPS) is 20.1. The molecule has 1 aliphatic rings. The van der Waals surface area contributed by atoms with Gasteiger partial charge in [0.1, 0.15) is 0 Å². The Morgan fingerprint density at radius 2 is 2.30 bits per heavy atom. The summed E-state index contributed by atoms with van der Waals surface area (Å²) in [7, 11) is 4.36. The van der Waals surface area contributed by atoms with Gasteiger partial charge in [-0.1, -0.05) is 13.8 Å². The van der Waals surface area contributed by atoms with E-state index in [1.165, 1.54) is 23.7 Å². The van der Waals surface area contributed by atoms with Crippen LogP contribution in [0.1, 0.15) is 32.4 Å². The van der Waals surface area contributed by atoms with Gasteiger partial charge in [-0.3, -0.25) is 0 Å². The van der Waals surface area contributed by atoms with Gasteiger partial charge in [0.05, 0.1) is 5.69 Å². The summed E-state index contributed by atoms with van der Waals surface area (Å²) in [5.41, 5.74) is 1.18. The highest BCUT2D eigenvalue weighted by molar-refractivity contribution is 7.13. The van der Waals surface area contributed by atoms with Crippen molar-refractivity contribution in [3.8, 4) is 0 Å². The second-order valence-electron chi connectivity index (χ2n) is 6.35. The van der Waals surface area contributed by atoms with Crippen LogP contribution in [0.3, 0.4) is 0 Å². The maximum absolute atomic E-state index is 4.79. The zero-order valence-corrected chi connectivity index (χ0v) is 14.0. The number of thiazole rings is 1. The summed E-state index contributed by atoms with van der Waals surface area (Å²) in [6.07, 6.45) is 2.57. The Morgan fingerprint density at radius 3 is 3.00 bits per heavy atom. The lowest BCUT2D eigenvalue weighted by Gasteiger charge is -2.35. The summed E-state index contributed by atoms with van der Waals surface area (Å²) in [6.45, 7) is 8.66. The van der Waals surface area contributed by atoms with E-state index in [0.29, 0.717) is 12.0 Å². The first-order chi connectivity index (χ1) is 9.56. The zero-order chi connectivity index (χ0) is 14.5. The highest BCUT2D eigenvalue weighted by Gasteiger charge is 2.23. The summed E-state index contributed by atoms with van der Waals surface area (Å²) in [6, 6.07) is 0.662. The molecule has 1 N–H and O–H groups in total. The lowest BCUT2D eigenvalue weighted by molar-refractivity contribution is 0.258. The van der Waals surface area contributed by atoms with E-state index in [0.717, 1.165) is 26.2 Å². The smallest absolute Gasteiger partial charge is 0.185 e. The number of aromatic nitrogens is 1. The van der Waals surface area contributed by atoms with Crippen LogP contribution in [0.15, 0.2) is 5.38 Å². The Morgan fingerprint density at radius 1 is 1.50 bits per heavy atom. The molecule has 0 spiro atoms. The predicted octanol–water partition coefficient (Wildman–Crippen LogP) is 2.42. The number of likely N-dealkylation sites (N-methyl/N-ethyl adjacent to an activating group) is 1. The van der Waals surface area contributed by atoms with E-state index < -0.39 is 0 Å². The van der Waals surface area contributed by atoms with Gasteiger partial charge in [-0.25, -0.2) is 4.98 Å². The molecule has 1 fully saturated rings. The van der Waals surface area contributed by atoms with Crippen LogP contribution >= 0.6 is 11.3 Å².